The predicted octanol–water partition coefficient (Wildman–Crippen LogP) is 1.88. The van der Waals surface area contributed by atoms with Crippen molar-refractivity contribution in [1.82, 2.24) is 0 Å². The van der Waals surface area contributed by atoms with Gasteiger partial charge in [-0.15, -0.1) is 0 Å². The first kappa shape index (κ1) is 10.1. The fraction of sp³-hybridized carbons (Fsp3) is 0.700. The zero-order valence-electron chi connectivity index (χ0n) is 8.37. The summed E-state index contributed by atoms with van der Waals surface area (Å²) in [5, 5.41) is 0. The van der Waals surface area contributed by atoms with Crippen molar-refractivity contribution in [2.24, 2.45) is 5.92 Å². The van der Waals surface area contributed by atoms with E-state index < -0.39 is 0 Å². The van der Waals surface area contributed by atoms with E-state index in [1.54, 1.807) is 6.92 Å². The Labute approximate surface area is 78.7 Å². The van der Waals surface area contributed by atoms with Crippen molar-refractivity contribution in [2.75, 3.05) is 6.61 Å². The van der Waals surface area contributed by atoms with Crippen LogP contribution in [0.3, 0.4) is 0 Å². The Balaban J connectivity index is 2.49. The Kier molecular flexibility index (Phi) is 3.34. The van der Waals surface area contributed by atoms with Crippen molar-refractivity contribution in [1.29, 1.82) is 0 Å². The van der Waals surface area contributed by atoms with Crippen LogP contribution in [0.1, 0.15) is 27.2 Å². The fourth-order valence-electron chi connectivity index (χ4n) is 1.29. The summed E-state index contributed by atoms with van der Waals surface area (Å²) in [5.74, 6) is 0.929. The van der Waals surface area contributed by atoms with E-state index in [9.17, 15) is 4.79 Å². The number of rotatable bonds is 2. The topological polar surface area (TPSA) is 35.5 Å². The van der Waals surface area contributed by atoms with E-state index in [4.69, 9.17) is 9.47 Å². The third-order valence-corrected chi connectivity index (χ3v) is 2.23. The molecule has 0 amide bonds. The summed E-state index contributed by atoms with van der Waals surface area (Å²) in [6.45, 7) is 6.32. The number of esters is 1. The van der Waals surface area contributed by atoms with Crippen molar-refractivity contribution in [3.8, 4) is 0 Å². The lowest BCUT2D eigenvalue weighted by atomic mass is 10.1. The molecule has 0 radical (unpaired) electrons. The second-order valence-electron chi connectivity index (χ2n) is 3.37. The Morgan fingerprint density at radius 3 is 2.85 bits per heavy atom. The van der Waals surface area contributed by atoms with E-state index in [1.807, 2.05) is 6.92 Å². The molecule has 0 bridgehead atoms. The minimum Gasteiger partial charge on any atom is -0.494 e. The van der Waals surface area contributed by atoms with Gasteiger partial charge in [-0.05, 0) is 19.8 Å². The molecule has 0 N–H and O–H groups in total. The molecule has 1 saturated heterocycles. The van der Waals surface area contributed by atoms with Gasteiger partial charge in [-0.25, -0.2) is 4.79 Å². The summed E-state index contributed by atoms with van der Waals surface area (Å²) < 4.78 is 10.2. The van der Waals surface area contributed by atoms with Gasteiger partial charge in [-0.3, -0.25) is 0 Å². The van der Waals surface area contributed by atoms with E-state index >= 15 is 0 Å². The van der Waals surface area contributed by atoms with Crippen LogP contribution in [0.25, 0.3) is 0 Å². The van der Waals surface area contributed by atoms with E-state index in [0.717, 1.165) is 12.2 Å². The Bertz CT molecular complexity index is 208. The molecule has 3 heteroatoms. The first-order chi connectivity index (χ1) is 6.13. The van der Waals surface area contributed by atoms with Crippen molar-refractivity contribution in [3.63, 3.8) is 0 Å². The highest BCUT2D eigenvalue weighted by molar-refractivity contribution is 5.82. The van der Waals surface area contributed by atoms with Crippen LogP contribution in [-0.2, 0) is 14.3 Å². The lowest BCUT2D eigenvalue weighted by molar-refractivity contribution is -0.137. The highest BCUT2D eigenvalue weighted by Gasteiger charge is 2.25. The molecular formula is C10H16O3. The number of carbonyl (C=O) groups is 1. The third kappa shape index (κ3) is 2.76. The van der Waals surface area contributed by atoms with E-state index in [2.05, 4.69) is 6.92 Å². The lowest BCUT2D eigenvalue weighted by Crippen LogP contribution is -2.06. The zero-order chi connectivity index (χ0) is 9.84. The van der Waals surface area contributed by atoms with Gasteiger partial charge in [-0.1, -0.05) is 6.92 Å². The first-order valence-electron chi connectivity index (χ1n) is 4.67. The van der Waals surface area contributed by atoms with Crippen LogP contribution in [0.4, 0.5) is 0 Å². The van der Waals surface area contributed by atoms with E-state index in [1.165, 1.54) is 6.08 Å². The maximum absolute atomic E-state index is 11.0. The monoisotopic (exact) mass is 184 g/mol. The van der Waals surface area contributed by atoms with Crippen molar-refractivity contribution in [2.45, 2.75) is 33.3 Å². The Hall–Kier alpha value is -0.990. The van der Waals surface area contributed by atoms with Gasteiger partial charge in [0.1, 0.15) is 5.76 Å². The molecule has 0 aromatic rings. The number of hydrogen-bond donors (Lipinski definition) is 0. The number of allylic oxidation sites excluding steroid dienone is 1. The van der Waals surface area contributed by atoms with Gasteiger partial charge in [0.15, 0.2) is 0 Å². The number of carbonyl (C=O) groups excluding carboxylic acids is 1. The molecule has 13 heavy (non-hydrogen) atoms. The second-order valence-corrected chi connectivity index (χ2v) is 3.37. The normalized spacial score (nSPS) is 30.2. The van der Waals surface area contributed by atoms with Crippen LogP contribution < -0.4 is 0 Å². The summed E-state index contributed by atoms with van der Waals surface area (Å²) in [6, 6.07) is 0. The molecule has 0 aliphatic carbocycles. The molecule has 1 heterocycles. The quantitative estimate of drug-likeness (QED) is 0.485. The Morgan fingerprint density at radius 1 is 1.69 bits per heavy atom. The molecule has 74 valence electrons. The fourth-order valence-corrected chi connectivity index (χ4v) is 1.29. The molecule has 1 aliphatic rings. The molecule has 3 nitrogen and oxygen atoms in total. The summed E-state index contributed by atoms with van der Waals surface area (Å²) >= 11 is 0. The molecule has 0 unspecified atom stereocenters. The summed E-state index contributed by atoms with van der Waals surface area (Å²) in [4.78, 5) is 11.0. The highest BCUT2D eigenvalue weighted by Crippen LogP contribution is 2.28. The minimum absolute atomic E-state index is 0.209. The van der Waals surface area contributed by atoms with Gasteiger partial charge < -0.3 is 9.47 Å². The molecular weight excluding hydrogens is 168 g/mol. The smallest absolute Gasteiger partial charge is 0.334 e. The SMILES string of the molecule is CCOC(=O)/C=C1/C[C@H](C)[C@H](C)O1. The van der Waals surface area contributed by atoms with Crippen LogP contribution in [0.15, 0.2) is 11.8 Å². The van der Waals surface area contributed by atoms with Gasteiger partial charge in [0.25, 0.3) is 0 Å². The zero-order valence-corrected chi connectivity index (χ0v) is 8.37. The molecule has 1 rings (SSSR count). The van der Waals surface area contributed by atoms with Crippen LogP contribution in [-0.4, -0.2) is 18.7 Å². The largest absolute Gasteiger partial charge is 0.494 e. The first-order valence-corrected chi connectivity index (χ1v) is 4.67. The van der Waals surface area contributed by atoms with Crippen LogP contribution in [0, 0.1) is 5.92 Å². The molecule has 0 aromatic carbocycles. The third-order valence-electron chi connectivity index (χ3n) is 2.23. The van der Waals surface area contributed by atoms with E-state index in [-0.39, 0.29) is 12.1 Å². The molecule has 1 fully saturated rings. The molecule has 0 saturated carbocycles. The summed E-state index contributed by atoms with van der Waals surface area (Å²) in [5.41, 5.74) is 0. The Morgan fingerprint density at radius 2 is 2.38 bits per heavy atom. The standard InChI is InChI=1S/C10H16O3/c1-4-12-10(11)6-9-5-7(2)8(3)13-9/h6-8H,4-5H2,1-3H3/b9-6-/t7-,8-/m0/s1. The maximum Gasteiger partial charge on any atom is 0.334 e. The average molecular weight is 184 g/mol. The average Bonchev–Trinajstić information content (AvgIpc) is 2.31. The van der Waals surface area contributed by atoms with Crippen LogP contribution >= 0.6 is 0 Å². The van der Waals surface area contributed by atoms with Gasteiger partial charge in [-0.2, -0.15) is 0 Å². The summed E-state index contributed by atoms with van der Waals surface area (Å²) in [7, 11) is 0. The van der Waals surface area contributed by atoms with Crippen LogP contribution in [0.5, 0.6) is 0 Å². The van der Waals surface area contributed by atoms with Crippen LogP contribution in [0.2, 0.25) is 0 Å². The number of hydrogen-bond acceptors (Lipinski definition) is 3. The number of ether oxygens (including phenoxy) is 2. The van der Waals surface area contributed by atoms with Gasteiger partial charge in [0, 0.05) is 6.42 Å². The molecule has 2 atom stereocenters. The minimum atomic E-state index is -0.307. The predicted molar refractivity (Wildman–Crippen MR) is 49.0 cm³/mol. The second kappa shape index (κ2) is 4.30. The van der Waals surface area contributed by atoms with Crippen molar-refractivity contribution >= 4 is 5.97 Å². The van der Waals surface area contributed by atoms with Crippen molar-refractivity contribution < 1.29 is 14.3 Å². The van der Waals surface area contributed by atoms with Gasteiger partial charge >= 0.3 is 5.97 Å². The highest BCUT2D eigenvalue weighted by atomic mass is 16.5. The lowest BCUT2D eigenvalue weighted by Gasteiger charge is -2.06. The molecule has 0 spiro atoms. The maximum atomic E-state index is 11.0. The van der Waals surface area contributed by atoms with Crippen molar-refractivity contribution in [3.05, 3.63) is 11.8 Å². The molecule has 1 aliphatic heterocycles. The van der Waals surface area contributed by atoms with E-state index in [0.29, 0.717) is 12.5 Å². The molecule has 0 aromatic heterocycles. The van der Waals surface area contributed by atoms with Gasteiger partial charge in [0.2, 0.25) is 0 Å². The summed E-state index contributed by atoms with van der Waals surface area (Å²) in [6.07, 6.45) is 2.49. The van der Waals surface area contributed by atoms with Gasteiger partial charge in [0.05, 0.1) is 18.8 Å².